The highest BCUT2D eigenvalue weighted by atomic mass is 35.5. The van der Waals surface area contributed by atoms with Crippen LogP contribution in [0.1, 0.15) is 15.9 Å². The maximum absolute atomic E-state index is 12.3. The van der Waals surface area contributed by atoms with Crippen LogP contribution < -0.4 is 10.6 Å². The first-order chi connectivity index (χ1) is 12.0. The second-order valence-corrected chi connectivity index (χ2v) is 6.10. The van der Waals surface area contributed by atoms with Crippen LogP contribution in [-0.2, 0) is 0 Å². The Bertz CT molecular complexity index is 893. The van der Waals surface area contributed by atoms with E-state index >= 15 is 0 Å². The van der Waals surface area contributed by atoms with E-state index in [1.165, 1.54) is 12.4 Å². The van der Waals surface area contributed by atoms with Crippen LogP contribution in [0.5, 0.6) is 0 Å². The molecule has 0 aliphatic heterocycles. The smallest absolute Gasteiger partial charge is 0.258 e. The molecule has 0 atom stereocenters. The Labute approximate surface area is 155 Å². The van der Waals surface area contributed by atoms with E-state index in [0.29, 0.717) is 27.2 Å². The molecule has 1 aromatic heterocycles. The van der Waals surface area contributed by atoms with Crippen molar-refractivity contribution in [2.24, 2.45) is 0 Å². The van der Waals surface area contributed by atoms with Crippen LogP contribution in [0, 0.1) is 6.92 Å². The Morgan fingerprint density at radius 1 is 0.960 bits per heavy atom. The van der Waals surface area contributed by atoms with Gasteiger partial charge in [-0.1, -0.05) is 47.5 Å². The third-order valence-electron chi connectivity index (χ3n) is 3.51. The van der Waals surface area contributed by atoms with Gasteiger partial charge in [0.15, 0.2) is 0 Å². The number of aromatic nitrogens is 2. The Hall–Kier alpha value is -2.63. The zero-order valence-electron chi connectivity index (χ0n) is 13.3. The molecule has 0 bridgehead atoms. The number of halogens is 2. The highest BCUT2D eigenvalue weighted by molar-refractivity contribution is 6.40. The zero-order valence-corrected chi connectivity index (χ0v) is 14.8. The second-order valence-electron chi connectivity index (χ2n) is 5.29. The molecule has 0 saturated heterocycles. The van der Waals surface area contributed by atoms with Gasteiger partial charge in [-0.15, -0.1) is 0 Å². The van der Waals surface area contributed by atoms with E-state index in [9.17, 15) is 4.79 Å². The molecule has 0 spiro atoms. The molecule has 3 aromatic rings. The monoisotopic (exact) mass is 372 g/mol. The van der Waals surface area contributed by atoms with Gasteiger partial charge < -0.3 is 10.6 Å². The quantitative estimate of drug-likeness (QED) is 0.669. The molecule has 25 heavy (non-hydrogen) atoms. The van der Waals surface area contributed by atoms with Crippen molar-refractivity contribution in [1.29, 1.82) is 0 Å². The SMILES string of the molecule is Cc1ccccc1Nc1ncc(C(=O)Nc2c(Cl)cccc2Cl)cn1. The number of nitrogens with zero attached hydrogens (tertiary/aromatic N) is 2. The maximum Gasteiger partial charge on any atom is 0.258 e. The fraction of sp³-hybridized carbons (Fsp3) is 0.0556. The second kappa shape index (κ2) is 7.51. The average molecular weight is 373 g/mol. The van der Waals surface area contributed by atoms with E-state index in [0.717, 1.165) is 11.3 Å². The number of hydrogen-bond acceptors (Lipinski definition) is 4. The van der Waals surface area contributed by atoms with Crippen LogP contribution in [0.2, 0.25) is 10.0 Å². The van der Waals surface area contributed by atoms with Crippen molar-refractivity contribution in [2.45, 2.75) is 6.92 Å². The largest absolute Gasteiger partial charge is 0.324 e. The molecule has 0 aliphatic rings. The number of aryl methyl sites for hydroxylation is 1. The highest BCUT2D eigenvalue weighted by Crippen LogP contribution is 2.30. The molecule has 1 heterocycles. The summed E-state index contributed by atoms with van der Waals surface area (Å²) in [7, 11) is 0. The van der Waals surface area contributed by atoms with Crippen LogP contribution in [0.4, 0.5) is 17.3 Å². The number of para-hydroxylation sites is 2. The van der Waals surface area contributed by atoms with Gasteiger partial charge in [0.1, 0.15) is 0 Å². The lowest BCUT2D eigenvalue weighted by molar-refractivity contribution is 0.102. The standard InChI is InChI=1S/C18H14Cl2N4O/c1-11-5-2-3-8-15(11)23-18-21-9-12(10-22-18)17(25)24-16-13(19)6-4-7-14(16)20/h2-10H,1H3,(H,24,25)(H,21,22,23). The van der Waals surface area contributed by atoms with Crippen LogP contribution >= 0.6 is 23.2 Å². The molecule has 5 nitrogen and oxygen atoms in total. The summed E-state index contributed by atoms with van der Waals surface area (Å²) in [5, 5.41) is 6.50. The summed E-state index contributed by atoms with van der Waals surface area (Å²) >= 11 is 12.1. The lowest BCUT2D eigenvalue weighted by Crippen LogP contribution is -2.13. The van der Waals surface area contributed by atoms with Gasteiger partial charge in [-0.05, 0) is 30.7 Å². The molecule has 7 heteroatoms. The molecule has 2 N–H and O–H groups in total. The third kappa shape index (κ3) is 4.07. The van der Waals surface area contributed by atoms with E-state index in [-0.39, 0.29) is 0 Å². The summed E-state index contributed by atoms with van der Waals surface area (Å²) in [5.74, 6) is 0.0130. The summed E-state index contributed by atoms with van der Waals surface area (Å²) in [6, 6.07) is 12.8. The van der Waals surface area contributed by atoms with Crippen LogP contribution in [0.25, 0.3) is 0 Å². The topological polar surface area (TPSA) is 66.9 Å². The summed E-state index contributed by atoms with van der Waals surface area (Å²) in [5.41, 5.74) is 2.63. The van der Waals surface area contributed by atoms with Crippen molar-refractivity contribution >= 4 is 46.4 Å². The van der Waals surface area contributed by atoms with Crippen LogP contribution in [0.15, 0.2) is 54.9 Å². The normalized spacial score (nSPS) is 10.4. The minimum atomic E-state index is -0.391. The first-order valence-electron chi connectivity index (χ1n) is 7.44. The third-order valence-corrected chi connectivity index (χ3v) is 4.14. The number of carbonyl (C=O) groups excluding carboxylic acids is 1. The zero-order chi connectivity index (χ0) is 17.8. The Morgan fingerprint density at radius 3 is 2.24 bits per heavy atom. The van der Waals surface area contributed by atoms with Crippen molar-refractivity contribution in [3.05, 3.63) is 76.0 Å². The van der Waals surface area contributed by atoms with E-state index in [1.807, 2.05) is 31.2 Å². The first kappa shape index (κ1) is 17.2. The highest BCUT2D eigenvalue weighted by Gasteiger charge is 2.12. The van der Waals surface area contributed by atoms with E-state index in [1.54, 1.807) is 18.2 Å². The predicted molar refractivity (Wildman–Crippen MR) is 101 cm³/mol. The number of nitrogens with one attached hydrogen (secondary N) is 2. The Kier molecular flexibility index (Phi) is 5.16. The molecule has 126 valence electrons. The summed E-state index contributed by atoms with van der Waals surface area (Å²) < 4.78 is 0. The van der Waals surface area contributed by atoms with E-state index in [4.69, 9.17) is 23.2 Å². The van der Waals surface area contributed by atoms with Crippen molar-refractivity contribution in [1.82, 2.24) is 9.97 Å². The lowest BCUT2D eigenvalue weighted by atomic mass is 10.2. The van der Waals surface area contributed by atoms with Gasteiger partial charge in [-0.25, -0.2) is 9.97 Å². The number of hydrogen-bond donors (Lipinski definition) is 2. The predicted octanol–water partition coefficient (Wildman–Crippen LogP) is 5.09. The summed E-state index contributed by atoms with van der Waals surface area (Å²) in [6.07, 6.45) is 2.88. The fourth-order valence-corrected chi connectivity index (χ4v) is 2.64. The molecule has 1 amide bonds. The Morgan fingerprint density at radius 2 is 1.60 bits per heavy atom. The molecular weight excluding hydrogens is 359 g/mol. The summed E-state index contributed by atoms with van der Waals surface area (Å²) in [4.78, 5) is 20.7. The van der Waals surface area contributed by atoms with Gasteiger partial charge in [0, 0.05) is 18.1 Å². The summed E-state index contributed by atoms with van der Waals surface area (Å²) in [6.45, 7) is 1.98. The molecule has 2 aromatic carbocycles. The van der Waals surface area contributed by atoms with Gasteiger partial charge in [0.25, 0.3) is 5.91 Å². The molecule has 0 fully saturated rings. The van der Waals surface area contributed by atoms with Gasteiger partial charge in [-0.2, -0.15) is 0 Å². The van der Waals surface area contributed by atoms with Gasteiger partial charge >= 0.3 is 0 Å². The molecule has 0 radical (unpaired) electrons. The number of amides is 1. The van der Waals surface area contributed by atoms with E-state index in [2.05, 4.69) is 20.6 Å². The first-order valence-corrected chi connectivity index (χ1v) is 8.20. The number of benzene rings is 2. The van der Waals surface area contributed by atoms with Crippen molar-refractivity contribution < 1.29 is 4.79 Å². The maximum atomic E-state index is 12.3. The number of anilines is 3. The van der Waals surface area contributed by atoms with Gasteiger partial charge in [0.2, 0.25) is 5.95 Å². The molecular formula is C18H14Cl2N4O. The van der Waals surface area contributed by atoms with Crippen molar-refractivity contribution in [3.63, 3.8) is 0 Å². The minimum Gasteiger partial charge on any atom is -0.324 e. The molecule has 0 unspecified atom stereocenters. The molecule has 0 aliphatic carbocycles. The lowest BCUT2D eigenvalue weighted by Gasteiger charge is -2.10. The van der Waals surface area contributed by atoms with Crippen LogP contribution in [0.3, 0.4) is 0 Å². The fourth-order valence-electron chi connectivity index (χ4n) is 2.15. The average Bonchev–Trinajstić information content (AvgIpc) is 2.61. The Balaban J connectivity index is 1.74. The number of carbonyl (C=O) groups is 1. The number of rotatable bonds is 4. The molecule has 3 rings (SSSR count). The van der Waals surface area contributed by atoms with Crippen molar-refractivity contribution in [2.75, 3.05) is 10.6 Å². The molecule has 0 saturated carbocycles. The van der Waals surface area contributed by atoms with Gasteiger partial charge in [-0.3, -0.25) is 4.79 Å². The minimum absolute atomic E-state index is 0.298. The van der Waals surface area contributed by atoms with Gasteiger partial charge in [0.05, 0.1) is 21.3 Å². The van der Waals surface area contributed by atoms with Crippen LogP contribution in [-0.4, -0.2) is 15.9 Å². The van der Waals surface area contributed by atoms with E-state index < -0.39 is 5.91 Å². The van der Waals surface area contributed by atoms with Crippen molar-refractivity contribution in [3.8, 4) is 0 Å².